The van der Waals surface area contributed by atoms with Crippen LogP contribution in [0.25, 0.3) is 49.7 Å². The molecule has 3 aromatic heterocycles. The Morgan fingerprint density at radius 1 is 0.800 bits per heavy atom. The number of imidazole rings is 1. The van der Waals surface area contributed by atoms with Gasteiger partial charge in [-0.15, -0.1) is 0 Å². The standard InChI is InChI=1S/C27H17F3N4O/c1-33-24-15-32-22-11-10-16(18-12-17-6-2-4-8-21(17)31-14-18)13-19(22)25(24)34(26(33)35)23-9-5-3-7-20(23)27(28,29)30/h2-15H,1H3. The Hall–Kier alpha value is -4.46. The molecule has 0 atom stereocenters. The molecular formula is C27H17F3N4O. The minimum Gasteiger partial charge on any atom is -0.293 e. The molecule has 6 aromatic rings. The molecule has 5 nitrogen and oxygen atoms in total. The lowest BCUT2D eigenvalue weighted by atomic mass is 10.0. The third-order valence-electron chi connectivity index (χ3n) is 6.26. The van der Waals surface area contributed by atoms with Gasteiger partial charge in [-0.3, -0.25) is 19.1 Å². The van der Waals surface area contributed by atoms with Crippen LogP contribution in [0.4, 0.5) is 13.2 Å². The van der Waals surface area contributed by atoms with Crippen LogP contribution in [0.1, 0.15) is 5.56 Å². The third-order valence-corrected chi connectivity index (χ3v) is 6.26. The molecule has 0 aliphatic rings. The van der Waals surface area contributed by atoms with Crippen molar-refractivity contribution in [3.8, 4) is 16.8 Å². The molecule has 0 unspecified atom stereocenters. The fraction of sp³-hybridized carbons (Fsp3) is 0.0741. The summed E-state index contributed by atoms with van der Waals surface area (Å²) in [5, 5.41) is 1.54. The number of hydrogen-bond donors (Lipinski definition) is 0. The van der Waals surface area contributed by atoms with Crippen LogP contribution < -0.4 is 5.69 Å². The van der Waals surface area contributed by atoms with Gasteiger partial charge in [0, 0.05) is 29.6 Å². The summed E-state index contributed by atoms with van der Waals surface area (Å²) in [5.41, 5.74) is 2.22. The molecule has 0 fully saturated rings. The fourth-order valence-corrected chi connectivity index (χ4v) is 4.54. The van der Waals surface area contributed by atoms with Crippen LogP contribution in [-0.2, 0) is 13.2 Å². The number of halogens is 3. The van der Waals surface area contributed by atoms with Gasteiger partial charge in [-0.25, -0.2) is 4.79 Å². The van der Waals surface area contributed by atoms with E-state index in [2.05, 4.69) is 9.97 Å². The van der Waals surface area contributed by atoms with E-state index in [4.69, 9.17) is 0 Å². The third kappa shape index (κ3) is 3.29. The lowest BCUT2D eigenvalue weighted by Crippen LogP contribution is -2.23. The van der Waals surface area contributed by atoms with E-state index in [-0.39, 0.29) is 5.69 Å². The van der Waals surface area contributed by atoms with Crippen molar-refractivity contribution in [3.05, 3.63) is 101 Å². The van der Waals surface area contributed by atoms with Crippen LogP contribution >= 0.6 is 0 Å². The first kappa shape index (κ1) is 21.1. The van der Waals surface area contributed by atoms with Gasteiger partial charge >= 0.3 is 11.9 Å². The monoisotopic (exact) mass is 470 g/mol. The zero-order chi connectivity index (χ0) is 24.3. The summed E-state index contributed by atoms with van der Waals surface area (Å²) in [4.78, 5) is 22.2. The van der Waals surface area contributed by atoms with E-state index in [9.17, 15) is 18.0 Å². The second-order valence-corrected chi connectivity index (χ2v) is 8.33. The molecule has 0 radical (unpaired) electrons. The minimum absolute atomic E-state index is 0.221. The van der Waals surface area contributed by atoms with Crippen LogP contribution in [-0.4, -0.2) is 19.1 Å². The maximum atomic E-state index is 13.9. The Kier molecular flexibility index (Phi) is 4.54. The Morgan fingerprint density at radius 2 is 1.54 bits per heavy atom. The summed E-state index contributed by atoms with van der Waals surface area (Å²) in [6.07, 6.45) is -1.35. The highest BCUT2D eigenvalue weighted by atomic mass is 19.4. The Labute approximate surface area is 196 Å². The van der Waals surface area contributed by atoms with Gasteiger partial charge < -0.3 is 0 Å². The molecule has 0 N–H and O–H groups in total. The van der Waals surface area contributed by atoms with E-state index in [1.807, 2.05) is 42.5 Å². The highest BCUT2D eigenvalue weighted by Crippen LogP contribution is 2.36. The summed E-state index contributed by atoms with van der Waals surface area (Å²) in [6, 6.07) is 20.4. The molecule has 8 heteroatoms. The van der Waals surface area contributed by atoms with E-state index >= 15 is 0 Å². The van der Waals surface area contributed by atoms with E-state index in [1.54, 1.807) is 12.3 Å². The molecule has 0 saturated carbocycles. The average Bonchev–Trinajstić information content (AvgIpc) is 3.13. The number of aromatic nitrogens is 4. The van der Waals surface area contributed by atoms with Crippen molar-refractivity contribution in [2.24, 2.45) is 7.05 Å². The first-order valence-corrected chi connectivity index (χ1v) is 10.8. The number of hydrogen-bond acceptors (Lipinski definition) is 3. The molecule has 0 bridgehead atoms. The molecule has 0 aliphatic heterocycles. The van der Waals surface area contributed by atoms with Crippen molar-refractivity contribution in [3.63, 3.8) is 0 Å². The SMILES string of the molecule is Cn1c(=O)n(-c2ccccc2C(F)(F)F)c2c3cc(-c4cnc5ccccc5c4)ccc3ncc21. The van der Waals surface area contributed by atoms with Gasteiger partial charge in [-0.05, 0) is 42.0 Å². The lowest BCUT2D eigenvalue weighted by Gasteiger charge is -2.14. The highest BCUT2D eigenvalue weighted by Gasteiger charge is 2.34. The van der Waals surface area contributed by atoms with Crippen molar-refractivity contribution in [1.29, 1.82) is 0 Å². The largest absolute Gasteiger partial charge is 0.418 e. The molecular weight excluding hydrogens is 453 g/mol. The van der Waals surface area contributed by atoms with Crippen molar-refractivity contribution < 1.29 is 13.2 Å². The van der Waals surface area contributed by atoms with Gasteiger partial charge in [-0.1, -0.05) is 36.4 Å². The summed E-state index contributed by atoms with van der Waals surface area (Å²) in [5.74, 6) is 0. The van der Waals surface area contributed by atoms with Crippen LogP contribution in [0.15, 0.2) is 90.0 Å². The number of fused-ring (bicyclic) bond motifs is 4. The highest BCUT2D eigenvalue weighted by molar-refractivity contribution is 6.05. The molecule has 0 saturated heterocycles. The Morgan fingerprint density at radius 3 is 2.37 bits per heavy atom. The first-order chi connectivity index (χ1) is 16.8. The van der Waals surface area contributed by atoms with Crippen molar-refractivity contribution >= 4 is 32.8 Å². The van der Waals surface area contributed by atoms with Crippen LogP contribution in [0.3, 0.4) is 0 Å². The van der Waals surface area contributed by atoms with Crippen LogP contribution in [0, 0.1) is 0 Å². The molecule has 3 aromatic carbocycles. The zero-order valence-electron chi connectivity index (χ0n) is 18.4. The van der Waals surface area contributed by atoms with E-state index in [1.165, 1.54) is 36.0 Å². The van der Waals surface area contributed by atoms with E-state index < -0.39 is 17.4 Å². The molecule has 172 valence electrons. The summed E-state index contributed by atoms with van der Waals surface area (Å²) < 4.78 is 44.0. The zero-order valence-corrected chi connectivity index (χ0v) is 18.4. The lowest BCUT2D eigenvalue weighted by molar-refractivity contribution is -0.137. The summed E-state index contributed by atoms with van der Waals surface area (Å²) in [7, 11) is 1.53. The topological polar surface area (TPSA) is 52.7 Å². The van der Waals surface area contributed by atoms with Gasteiger partial charge in [0.2, 0.25) is 0 Å². The Balaban J connectivity index is 1.68. The number of nitrogens with zero attached hydrogens (tertiary/aromatic N) is 4. The molecule has 6 rings (SSSR count). The van der Waals surface area contributed by atoms with Gasteiger partial charge in [0.1, 0.15) is 0 Å². The summed E-state index contributed by atoms with van der Waals surface area (Å²) in [6.45, 7) is 0. The van der Waals surface area contributed by atoms with Gasteiger partial charge in [0.05, 0.1) is 39.5 Å². The van der Waals surface area contributed by atoms with Crippen LogP contribution in [0.2, 0.25) is 0 Å². The first-order valence-electron chi connectivity index (χ1n) is 10.8. The second kappa shape index (κ2) is 7.53. The van der Waals surface area contributed by atoms with E-state index in [0.717, 1.165) is 32.7 Å². The smallest absolute Gasteiger partial charge is 0.293 e. The minimum atomic E-state index is -4.62. The molecule has 0 amide bonds. The number of rotatable bonds is 2. The van der Waals surface area contributed by atoms with Gasteiger partial charge in [-0.2, -0.15) is 13.2 Å². The number of para-hydroxylation sites is 2. The average molecular weight is 470 g/mol. The second-order valence-electron chi connectivity index (χ2n) is 8.33. The van der Waals surface area contributed by atoms with Gasteiger partial charge in [0.25, 0.3) is 0 Å². The quantitative estimate of drug-likeness (QED) is 0.307. The number of alkyl halides is 3. The van der Waals surface area contributed by atoms with Crippen molar-refractivity contribution in [2.45, 2.75) is 6.18 Å². The normalized spacial score (nSPS) is 12.1. The number of aryl methyl sites for hydroxylation is 1. The van der Waals surface area contributed by atoms with Crippen molar-refractivity contribution in [1.82, 2.24) is 19.1 Å². The number of pyridine rings is 2. The molecule has 0 aliphatic carbocycles. The van der Waals surface area contributed by atoms with E-state index in [0.29, 0.717) is 21.9 Å². The maximum absolute atomic E-state index is 13.9. The van der Waals surface area contributed by atoms with Crippen LogP contribution in [0.5, 0.6) is 0 Å². The molecule has 35 heavy (non-hydrogen) atoms. The predicted octanol–water partition coefficient (Wildman–Crippen LogP) is 6.11. The molecule has 0 spiro atoms. The van der Waals surface area contributed by atoms with Gasteiger partial charge in [0.15, 0.2) is 0 Å². The Bertz CT molecular complexity index is 1830. The fourth-order valence-electron chi connectivity index (χ4n) is 4.54. The van der Waals surface area contributed by atoms with Crippen molar-refractivity contribution in [2.75, 3.05) is 0 Å². The maximum Gasteiger partial charge on any atom is 0.418 e. The summed E-state index contributed by atoms with van der Waals surface area (Å²) >= 11 is 0. The molecule has 3 heterocycles. The predicted molar refractivity (Wildman–Crippen MR) is 130 cm³/mol. The number of benzene rings is 3.